The average molecular weight is 257 g/mol. The Bertz CT molecular complexity index is 581. The highest BCUT2D eigenvalue weighted by Crippen LogP contribution is 2.23. The Morgan fingerprint density at radius 1 is 1.21 bits per heavy atom. The Morgan fingerprint density at radius 2 is 2.00 bits per heavy atom. The topological polar surface area (TPSA) is 48.4 Å². The van der Waals surface area contributed by atoms with Gasteiger partial charge in [-0.3, -0.25) is 0 Å². The minimum atomic E-state index is -0.314. The van der Waals surface area contributed by atoms with Crippen LogP contribution in [0.4, 0.5) is 0 Å². The molecule has 0 aliphatic carbocycles. The monoisotopic (exact) mass is 257 g/mol. The Morgan fingerprint density at radius 3 is 2.74 bits per heavy atom. The van der Waals surface area contributed by atoms with Crippen LogP contribution >= 0.6 is 0 Å². The van der Waals surface area contributed by atoms with Gasteiger partial charge in [0, 0.05) is 12.3 Å². The number of ether oxygens (including phenoxy) is 2. The van der Waals surface area contributed by atoms with Crippen molar-refractivity contribution < 1.29 is 14.3 Å². The minimum Gasteiger partial charge on any atom is -0.481 e. The van der Waals surface area contributed by atoms with Gasteiger partial charge in [-0.15, -0.1) is 0 Å². The molecule has 0 aliphatic rings. The van der Waals surface area contributed by atoms with Crippen LogP contribution in [0.15, 0.2) is 42.6 Å². The van der Waals surface area contributed by atoms with Crippen molar-refractivity contribution in [2.24, 2.45) is 0 Å². The molecule has 1 heterocycles. The van der Waals surface area contributed by atoms with Crippen molar-refractivity contribution in [2.45, 2.75) is 6.92 Å². The van der Waals surface area contributed by atoms with Gasteiger partial charge in [-0.1, -0.05) is 12.1 Å². The van der Waals surface area contributed by atoms with Crippen LogP contribution in [-0.2, 0) is 4.74 Å². The molecule has 0 saturated carbocycles. The zero-order valence-corrected chi connectivity index (χ0v) is 10.9. The lowest BCUT2D eigenvalue weighted by Crippen LogP contribution is -2.04. The molecule has 4 nitrogen and oxygen atoms in total. The SMILES string of the molecule is CCOC(=O)c1cccc(-c2ccnc(OC)c2)c1. The van der Waals surface area contributed by atoms with E-state index >= 15 is 0 Å². The van der Waals surface area contributed by atoms with Gasteiger partial charge in [-0.2, -0.15) is 0 Å². The summed E-state index contributed by atoms with van der Waals surface area (Å²) in [6.45, 7) is 2.15. The third-order valence-corrected chi connectivity index (χ3v) is 2.65. The van der Waals surface area contributed by atoms with Crippen LogP contribution in [0.1, 0.15) is 17.3 Å². The van der Waals surface area contributed by atoms with Gasteiger partial charge in [0.1, 0.15) is 0 Å². The van der Waals surface area contributed by atoms with E-state index in [2.05, 4.69) is 4.98 Å². The lowest BCUT2D eigenvalue weighted by atomic mass is 10.0. The zero-order chi connectivity index (χ0) is 13.7. The number of esters is 1. The first-order valence-electron chi connectivity index (χ1n) is 6.02. The largest absolute Gasteiger partial charge is 0.481 e. The van der Waals surface area contributed by atoms with E-state index in [1.54, 1.807) is 32.4 Å². The molecule has 0 unspecified atom stereocenters. The van der Waals surface area contributed by atoms with Crippen LogP contribution < -0.4 is 4.74 Å². The van der Waals surface area contributed by atoms with Crippen LogP contribution in [0.5, 0.6) is 5.88 Å². The number of benzene rings is 1. The summed E-state index contributed by atoms with van der Waals surface area (Å²) in [5.74, 6) is 0.226. The van der Waals surface area contributed by atoms with E-state index < -0.39 is 0 Å². The molecule has 0 spiro atoms. The second-order valence-corrected chi connectivity index (χ2v) is 3.89. The standard InChI is InChI=1S/C15H15NO3/c1-3-19-15(17)13-6-4-5-11(9-13)12-7-8-16-14(10-12)18-2/h4-10H,3H2,1-2H3. The fourth-order valence-electron chi connectivity index (χ4n) is 1.74. The van der Waals surface area contributed by atoms with Crippen molar-refractivity contribution in [1.29, 1.82) is 0 Å². The smallest absolute Gasteiger partial charge is 0.338 e. The van der Waals surface area contributed by atoms with Crippen molar-refractivity contribution in [3.8, 4) is 17.0 Å². The fourth-order valence-corrected chi connectivity index (χ4v) is 1.74. The molecular formula is C15H15NO3. The highest BCUT2D eigenvalue weighted by molar-refractivity contribution is 5.91. The lowest BCUT2D eigenvalue weighted by molar-refractivity contribution is 0.0526. The number of aromatic nitrogens is 1. The summed E-state index contributed by atoms with van der Waals surface area (Å²) < 4.78 is 10.1. The predicted molar refractivity (Wildman–Crippen MR) is 72.2 cm³/mol. The van der Waals surface area contributed by atoms with E-state index in [1.807, 2.05) is 24.3 Å². The Kier molecular flexibility index (Phi) is 4.13. The van der Waals surface area contributed by atoms with E-state index in [1.165, 1.54) is 0 Å². The van der Waals surface area contributed by atoms with Gasteiger partial charge in [0.25, 0.3) is 0 Å². The third-order valence-electron chi connectivity index (χ3n) is 2.65. The highest BCUT2D eigenvalue weighted by atomic mass is 16.5. The molecule has 2 aromatic rings. The maximum Gasteiger partial charge on any atom is 0.338 e. The van der Waals surface area contributed by atoms with Crippen molar-refractivity contribution in [2.75, 3.05) is 13.7 Å². The van der Waals surface area contributed by atoms with E-state index in [0.717, 1.165) is 11.1 Å². The van der Waals surface area contributed by atoms with Gasteiger partial charge in [0.05, 0.1) is 19.3 Å². The second kappa shape index (κ2) is 6.00. The summed E-state index contributed by atoms with van der Waals surface area (Å²) >= 11 is 0. The maximum atomic E-state index is 11.7. The predicted octanol–water partition coefficient (Wildman–Crippen LogP) is 2.93. The first-order valence-corrected chi connectivity index (χ1v) is 6.02. The summed E-state index contributed by atoms with van der Waals surface area (Å²) in [4.78, 5) is 15.7. The number of rotatable bonds is 4. The normalized spacial score (nSPS) is 10.0. The number of carbonyl (C=O) groups excluding carboxylic acids is 1. The Balaban J connectivity index is 2.34. The minimum absolute atomic E-state index is 0.314. The zero-order valence-electron chi connectivity index (χ0n) is 10.9. The van der Waals surface area contributed by atoms with E-state index in [9.17, 15) is 4.79 Å². The number of hydrogen-bond acceptors (Lipinski definition) is 4. The van der Waals surface area contributed by atoms with Gasteiger partial charge in [0.15, 0.2) is 0 Å². The van der Waals surface area contributed by atoms with Crippen molar-refractivity contribution in [1.82, 2.24) is 4.98 Å². The molecule has 19 heavy (non-hydrogen) atoms. The number of nitrogens with zero attached hydrogens (tertiary/aromatic N) is 1. The second-order valence-electron chi connectivity index (χ2n) is 3.89. The van der Waals surface area contributed by atoms with Gasteiger partial charge >= 0.3 is 5.97 Å². The van der Waals surface area contributed by atoms with Crippen LogP contribution in [0.2, 0.25) is 0 Å². The summed E-state index contributed by atoms with van der Waals surface area (Å²) in [5.41, 5.74) is 2.40. The van der Waals surface area contributed by atoms with E-state index in [0.29, 0.717) is 18.1 Å². The first kappa shape index (κ1) is 13.1. The molecule has 0 radical (unpaired) electrons. The summed E-state index contributed by atoms with van der Waals surface area (Å²) in [5, 5.41) is 0. The number of hydrogen-bond donors (Lipinski definition) is 0. The molecule has 0 atom stereocenters. The van der Waals surface area contributed by atoms with Gasteiger partial charge < -0.3 is 9.47 Å². The molecule has 0 bridgehead atoms. The molecule has 0 amide bonds. The molecule has 1 aromatic heterocycles. The fraction of sp³-hybridized carbons (Fsp3) is 0.200. The average Bonchev–Trinajstić information content (AvgIpc) is 2.48. The van der Waals surface area contributed by atoms with E-state index in [4.69, 9.17) is 9.47 Å². The summed E-state index contributed by atoms with van der Waals surface area (Å²) in [6.07, 6.45) is 1.67. The molecule has 0 saturated heterocycles. The third kappa shape index (κ3) is 3.10. The van der Waals surface area contributed by atoms with Crippen LogP contribution in [-0.4, -0.2) is 24.7 Å². The van der Waals surface area contributed by atoms with Crippen molar-refractivity contribution in [3.63, 3.8) is 0 Å². The van der Waals surface area contributed by atoms with Gasteiger partial charge in [-0.25, -0.2) is 9.78 Å². The summed E-state index contributed by atoms with van der Waals surface area (Å²) in [6, 6.07) is 11.0. The number of methoxy groups -OCH3 is 1. The van der Waals surface area contributed by atoms with Crippen LogP contribution in [0.25, 0.3) is 11.1 Å². The number of carbonyl (C=O) groups is 1. The molecule has 0 N–H and O–H groups in total. The lowest BCUT2D eigenvalue weighted by Gasteiger charge is -2.06. The first-order chi connectivity index (χ1) is 9.24. The van der Waals surface area contributed by atoms with Crippen LogP contribution in [0, 0.1) is 0 Å². The molecular weight excluding hydrogens is 242 g/mol. The van der Waals surface area contributed by atoms with Gasteiger partial charge in [-0.05, 0) is 36.2 Å². The Hall–Kier alpha value is -2.36. The van der Waals surface area contributed by atoms with Crippen LogP contribution in [0.3, 0.4) is 0 Å². The quantitative estimate of drug-likeness (QED) is 0.790. The van der Waals surface area contributed by atoms with Crippen molar-refractivity contribution >= 4 is 5.97 Å². The summed E-state index contributed by atoms with van der Waals surface area (Å²) in [7, 11) is 1.57. The molecule has 4 heteroatoms. The molecule has 2 rings (SSSR count). The molecule has 1 aromatic carbocycles. The molecule has 0 aliphatic heterocycles. The van der Waals surface area contributed by atoms with Gasteiger partial charge in [0.2, 0.25) is 5.88 Å². The highest BCUT2D eigenvalue weighted by Gasteiger charge is 2.08. The van der Waals surface area contributed by atoms with E-state index in [-0.39, 0.29) is 5.97 Å². The maximum absolute atomic E-state index is 11.7. The van der Waals surface area contributed by atoms with Crippen molar-refractivity contribution in [3.05, 3.63) is 48.2 Å². The molecule has 98 valence electrons. The Labute approximate surface area is 112 Å². The molecule has 0 fully saturated rings. The number of pyridine rings is 1.